The molecule has 0 saturated heterocycles. The first-order chi connectivity index (χ1) is 15.4. The fourth-order valence-electron chi connectivity index (χ4n) is 2.88. The molecule has 0 bridgehead atoms. The summed E-state index contributed by atoms with van der Waals surface area (Å²) in [4.78, 5) is 42.0. The van der Waals surface area contributed by atoms with Crippen LogP contribution in [-0.4, -0.2) is 27.2 Å². The molecule has 2 aromatic heterocycles. The second kappa shape index (κ2) is 9.43. The van der Waals surface area contributed by atoms with Gasteiger partial charge >= 0.3 is 0 Å². The highest BCUT2D eigenvalue weighted by Gasteiger charge is 2.17. The number of nitrogen functional groups attached to an aromatic ring is 1. The molecule has 162 valence electrons. The van der Waals surface area contributed by atoms with E-state index < -0.39 is 17.4 Å². The summed E-state index contributed by atoms with van der Waals surface area (Å²) in [6.07, 6.45) is 0. The first kappa shape index (κ1) is 21.9. The Morgan fingerprint density at radius 2 is 1.81 bits per heavy atom. The molecule has 4 N–H and O–H groups in total. The lowest BCUT2D eigenvalue weighted by Gasteiger charge is -2.09. The maximum absolute atomic E-state index is 12.9. The molecule has 0 aliphatic carbocycles. The van der Waals surface area contributed by atoms with Crippen LogP contribution in [0.3, 0.4) is 0 Å². The van der Waals surface area contributed by atoms with E-state index in [-0.39, 0.29) is 10.9 Å². The maximum Gasteiger partial charge on any atom is 0.282 e. The predicted octanol–water partition coefficient (Wildman–Crippen LogP) is 3.05. The second-order valence-electron chi connectivity index (χ2n) is 6.56. The van der Waals surface area contributed by atoms with Crippen LogP contribution in [0.25, 0.3) is 21.3 Å². The first-order valence-electron chi connectivity index (χ1n) is 9.26. The van der Waals surface area contributed by atoms with Gasteiger partial charge in [0.15, 0.2) is 5.16 Å². The Balaban J connectivity index is 1.44. The molecule has 0 aliphatic rings. The molecule has 0 spiro atoms. The summed E-state index contributed by atoms with van der Waals surface area (Å²) >= 11 is 8.12. The Labute approximate surface area is 195 Å². The van der Waals surface area contributed by atoms with Crippen LogP contribution < -0.4 is 22.3 Å². The summed E-state index contributed by atoms with van der Waals surface area (Å²) in [6, 6.07) is 15.7. The standard InChI is InChI=1S/C21H16ClN5O3S2/c22-14-8-6-13(7-9-14)18(29)26-25-16(28)11-32-21-24-19-17(20(30)27(21)23)15(10-31-19)12-4-2-1-3-5-12/h1-10H,11,23H2,(H,25,28)(H,26,29). The lowest BCUT2D eigenvalue weighted by molar-refractivity contribution is -0.119. The van der Waals surface area contributed by atoms with Gasteiger partial charge < -0.3 is 5.84 Å². The van der Waals surface area contributed by atoms with Gasteiger partial charge in [-0.05, 0) is 29.8 Å². The molecule has 0 radical (unpaired) electrons. The predicted molar refractivity (Wildman–Crippen MR) is 127 cm³/mol. The number of halogens is 1. The Morgan fingerprint density at radius 1 is 1.09 bits per heavy atom. The van der Waals surface area contributed by atoms with E-state index in [0.29, 0.717) is 20.8 Å². The van der Waals surface area contributed by atoms with Gasteiger partial charge in [-0.2, -0.15) is 0 Å². The summed E-state index contributed by atoms with van der Waals surface area (Å²) < 4.78 is 0.936. The molecule has 0 atom stereocenters. The van der Waals surface area contributed by atoms with Gasteiger partial charge in [-0.3, -0.25) is 25.2 Å². The molecule has 11 heteroatoms. The molecule has 4 aromatic rings. The number of rotatable bonds is 5. The van der Waals surface area contributed by atoms with Crippen LogP contribution >= 0.6 is 34.7 Å². The van der Waals surface area contributed by atoms with Crippen LogP contribution in [0.2, 0.25) is 5.02 Å². The monoisotopic (exact) mass is 485 g/mol. The number of hydrogen-bond donors (Lipinski definition) is 3. The molecule has 8 nitrogen and oxygen atoms in total. The summed E-state index contributed by atoms with van der Waals surface area (Å²) in [5, 5.41) is 3.00. The van der Waals surface area contributed by atoms with E-state index in [4.69, 9.17) is 17.4 Å². The number of aromatic nitrogens is 2. The van der Waals surface area contributed by atoms with E-state index >= 15 is 0 Å². The van der Waals surface area contributed by atoms with E-state index in [1.54, 1.807) is 12.1 Å². The summed E-state index contributed by atoms with van der Waals surface area (Å²) in [5.41, 5.74) is 6.25. The van der Waals surface area contributed by atoms with Crippen molar-refractivity contribution in [2.75, 3.05) is 11.6 Å². The minimum atomic E-state index is -0.484. The number of hydrazine groups is 1. The van der Waals surface area contributed by atoms with E-state index in [1.807, 2.05) is 35.7 Å². The lowest BCUT2D eigenvalue weighted by Crippen LogP contribution is -2.42. The van der Waals surface area contributed by atoms with Gasteiger partial charge in [0.05, 0.1) is 11.1 Å². The highest BCUT2D eigenvalue weighted by atomic mass is 35.5. The molecule has 2 amide bonds. The van der Waals surface area contributed by atoms with Crippen molar-refractivity contribution in [3.8, 4) is 11.1 Å². The molecule has 0 fully saturated rings. The number of carbonyl (C=O) groups excluding carboxylic acids is 2. The number of nitrogens with one attached hydrogen (secondary N) is 2. The zero-order valence-electron chi connectivity index (χ0n) is 16.4. The topological polar surface area (TPSA) is 119 Å². The second-order valence-corrected chi connectivity index (χ2v) is 8.80. The van der Waals surface area contributed by atoms with Crippen molar-refractivity contribution < 1.29 is 9.59 Å². The van der Waals surface area contributed by atoms with Gasteiger partial charge in [-0.15, -0.1) is 11.3 Å². The third kappa shape index (κ3) is 4.62. The van der Waals surface area contributed by atoms with Gasteiger partial charge in [0.2, 0.25) is 5.91 Å². The first-order valence-corrected chi connectivity index (χ1v) is 11.5. The number of hydrogen-bond acceptors (Lipinski definition) is 7. The molecule has 0 unspecified atom stereocenters. The number of amides is 2. The van der Waals surface area contributed by atoms with E-state index in [2.05, 4.69) is 15.8 Å². The van der Waals surface area contributed by atoms with Gasteiger partial charge in [-0.25, -0.2) is 9.66 Å². The molecular weight excluding hydrogens is 470 g/mol. The fourth-order valence-corrected chi connectivity index (χ4v) is 4.71. The van der Waals surface area contributed by atoms with Gasteiger partial charge in [0.25, 0.3) is 11.5 Å². The number of carbonyl (C=O) groups is 2. The smallest absolute Gasteiger partial charge is 0.282 e. The lowest BCUT2D eigenvalue weighted by atomic mass is 10.1. The zero-order valence-corrected chi connectivity index (χ0v) is 18.8. The van der Waals surface area contributed by atoms with Crippen molar-refractivity contribution >= 4 is 56.7 Å². The number of fused-ring (bicyclic) bond motifs is 1. The third-order valence-corrected chi connectivity index (χ3v) is 6.52. The van der Waals surface area contributed by atoms with Gasteiger partial charge in [0.1, 0.15) is 4.83 Å². The molecule has 32 heavy (non-hydrogen) atoms. The van der Waals surface area contributed by atoms with Gasteiger partial charge in [-0.1, -0.05) is 53.7 Å². The van der Waals surface area contributed by atoms with Crippen LogP contribution in [0.5, 0.6) is 0 Å². The van der Waals surface area contributed by atoms with Crippen molar-refractivity contribution in [1.29, 1.82) is 0 Å². The molecule has 0 saturated carbocycles. The summed E-state index contributed by atoms with van der Waals surface area (Å²) in [7, 11) is 0. The average molecular weight is 486 g/mol. The normalized spacial score (nSPS) is 10.8. The largest absolute Gasteiger partial charge is 0.334 e. The van der Waals surface area contributed by atoms with Gasteiger partial charge in [0, 0.05) is 21.5 Å². The molecule has 4 rings (SSSR count). The third-order valence-electron chi connectivity index (χ3n) is 4.45. The number of benzene rings is 2. The van der Waals surface area contributed by atoms with Crippen LogP contribution in [0.1, 0.15) is 10.4 Å². The Hall–Kier alpha value is -3.34. The maximum atomic E-state index is 12.9. The zero-order chi connectivity index (χ0) is 22.7. The van der Waals surface area contributed by atoms with Crippen LogP contribution in [0, 0.1) is 0 Å². The van der Waals surface area contributed by atoms with Crippen LogP contribution in [0.15, 0.2) is 69.9 Å². The number of nitrogens with zero attached hydrogens (tertiary/aromatic N) is 2. The summed E-state index contributed by atoms with van der Waals surface area (Å²) in [6.45, 7) is 0. The highest BCUT2D eigenvalue weighted by molar-refractivity contribution is 7.99. The Morgan fingerprint density at radius 3 is 2.53 bits per heavy atom. The number of nitrogens with two attached hydrogens (primary N) is 1. The SMILES string of the molecule is Nn1c(SCC(=O)NNC(=O)c2ccc(Cl)cc2)nc2scc(-c3ccccc3)c2c1=O. The van der Waals surface area contributed by atoms with Crippen molar-refractivity contribution in [2.45, 2.75) is 5.16 Å². The quantitative estimate of drug-likeness (QED) is 0.173. The molecular formula is C21H16ClN5O3S2. The fraction of sp³-hybridized carbons (Fsp3) is 0.0476. The van der Waals surface area contributed by atoms with Crippen molar-refractivity contribution in [2.24, 2.45) is 0 Å². The number of thioether (sulfide) groups is 1. The Kier molecular flexibility index (Phi) is 6.45. The van der Waals surface area contributed by atoms with Crippen LogP contribution in [0.4, 0.5) is 0 Å². The van der Waals surface area contributed by atoms with Crippen molar-refractivity contribution in [3.63, 3.8) is 0 Å². The van der Waals surface area contributed by atoms with E-state index in [1.165, 1.54) is 23.5 Å². The highest BCUT2D eigenvalue weighted by Crippen LogP contribution is 2.31. The molecule has 2 aromatic carbocycles. The molecule has 2 heterocycles. The molecule has 0 aliphatic heterocycles. The Bertz CT molecular complexity index is 1350. The van der Waals surface area contributed by atoms with E-state index in [9.17, 15) is 14.4 Å². The van der Waals surface area contributed by atoms with Crippen molar-refractivity contribution in [3.05, 3.63) is 80.9 Å². The summed E-state index contributed by atoms with van der Waals surface area (Å²) in [5.74, 6) is 4.89. The minimum Gasteiger partial charge on any atom is -0.334 e. The van der Waals surface area contributed by atoms with E-state index in [0.717, 1.165) is 27.6 Å². The van der Waals surface area contributed by atoms with Crippen LogP contribution in [-0.2, 0) is 4.79 Å². The number of thiophene rings is 1. The van der Waals surface area contributed by atoms with Crippen molar-refractivity contribution in [1.82, 2.24) is 20.5 Å². The average Bonchev–Trinajstić information content (AvgIpc) is 3.24. The minimum absolute atomic E-state index is 0.104.